The molecule has 0 atom stereocenters. The van der Waals surface area contributed by atoms with Gasteiger partial charge in [0, 0.05) is 12.3 Å². The highest BCUT2D eigenvalue weighted by atomic mass is 17.1. The first-order chi connectivity index (χ1) is 4.66. The zero-order valence-corrected chi connectivity index (χ0v) is 4.90. The maximum atomic E-state index is 10.0. The van der Waals surface area contributed by atoms with Gasteiger partial charge in [-0.1, -0.05) is 0 Å². The van der Waals surface area contributed by atoms with Crippen molar-refractivity contribution < 1.29 is 19.7 Å². The highest BCUT2D eigenvalue weighted by Gasteiger charge is 1.91. The number of nitrogens with one attached hydrogen (secondary N) is 1. The molecule has 56 valence electrons. The van der Waals surface area contributed by atoms with Crippen molar-refractivity contribution in [2.75, 3.05) is 0 Å². The van der Waals surface area contributed by atoms with Gasteiger partial charge >= 0.3 is 12.0 Å². The van der Waals surface area contributed by atoms with Crippen molar-refractivity contribution in [2.24, 2.45) is 5.73 Å². The molecular formula is C4H6N2O4. The van der Waals surface area contributed by atoms with Crippen molar-refractivity contribution in [3.63, 3.8) is 0 Å². The van der Waals surface area contributed by atoms with Gasteiger partial charge in [0.25, 0.3) is 0 Å². The summed E-state index contributed by atoms with van der Waals surface area (Å²) in [5, 5.41) is 9.61. The Labute approximate surface area is 56.2 Å². The highest BCUT2D eigenvalue weighted by molar-refractivity contribution is 5.82. The van der Waals surface area contributed by atoms with Gasteiger partial charge in [-0.05, 0) is 0 Å². The predicted molar refractivity (Wildman–Crippen MR) is 30.6 cm³/mol. The molecule has 0 aromatic rings. The van der Waals surface area contributed by atoms with Crippen LogP contribution in [0.2, 0.25) is 0 Å². The lowest BCUT2D eigenvalue weighted by molar-refractivity contribution is -0.228. The lowest BCUT2D eigenvalue weighted by atomic mass is 10.6. The maximum absolute atomic E-state index is 10.0. The van der Waals surface area contributed by atoms with E-state index in [0.717, 1.165) is 12.3 Å². The Bertz CT molecular complexity index is 165. The van der Waals surface area contributed by atoms with E-state index in [2.05, 4.69) is 10.6 Å². The Morgan fingerprint density at radius 1 is 1.60 bits per heavy atom. The molecule has 0 saturated heterocycles. The Balaban J connectivity index is 3.56. The molecule has 0 aliphatic rings. The van der Waals surface area contributed by atoms with Crippen LogP contribution in [0.1, 0.15) is 0 Å². The van der Waals surface area contributed by atoms with Crippen LogP contribution in [0.15, 0.2) is 12.3 Å². The quantitative estimate of drug-likeness (QED) is 0.269. The summed E-state index contributed by atoms with van der Waals surface area (Å²) in [7, 11) is 0. The second-order valence-electron chi connectivity index (χ2n) is 1.25. The third-order valence-corrected chi connectivity index (χ3v) is 0.535. The van der Waals surface area contributed by atoms with E-state index < -0.39 is 12.0 Å². The van der Waals surface area contributed by atoms with Gasteiger partial charge < -0.3 is 11.1 Å². The number of hydrogen-bond donors (Lipinski definition) is 3. The average molecular weight is 146 g/mol. The topological polar surface area (TPSA) is 102 Å². The number of urea groups is 1. The van der Waals surface area contributed by atoms with Gasteiger partial charge in [-0.2, -0.15) is 5.26 Å². The average Bonchev–Trinajstić information content (AvgIpc) is 1.87. The standard InChI is InChI=1S/C4H6N2O4/c5-4(8)6-2-1-3(7)10-9/h1-2,9H,(H3,5,6,8)/b2-1-. The van der Waals surface area contributed by atoms with Crippen LogP contribution in [0.3, 0.4) is 0 Å². The van der Waals surface area contributed by atoms with Crippen LogP contribution >= 0.6 is 0 Å². The van der Waals surface area contributed by atoms with Crippen molar-refractivity contribution >= 4 is 12.0 Å². The van der Waals surface area contributed by atoms with Gasteiger partial charge in [-0.3, -0.25) is 4.89 Å². The third-order valence-electron chi connectivity index (χ3n) is 0.535. The molecule has 0 aliphatic heterocycles. The summed E-state index contributed by atoms with van der Waals surface area (Å²) < 4.78 is 0. The number of carbonyl (C=O) groups is 2. The summed E-state index contributed by atoms with van der Waals surface area (Å²) in [5.74, 6) is -0.992. The normalized spacial score (nSPS) is 9.30. The molecule has 0 rings (SSSR count). The second-order valence-corrected chi connectivity index (χ2v) is 1.25. The minimum atomic E-state index is -0.992. The van der Waals surface area contributed by atoms with E-state index in [1.54, 1.807) is 0 Å². The van der Waals surface area contributed by atoms with Crippen molar-refractivity contribution in [3.05, 3.63) is 12.3 Å². The van der Waals surface area contributed by atoms with E-state index >= 15 is 0 Å². The molecule has 2 amide bonds. The van der Waals surface area contributed by atoms with Gasteiger partial charge in [0.15, 0.2) is 0 Å². The van der Waals surface area contributed by atoms with E-state index in [1.165, 1.54) is 0 Å². The largest absolute Gasteiger partial charge is 0.367 e. The molecule has 0 unspecified atom stereocenters. The molecule has 0 aliphatic carbocycles. The summed E-state index contributed by atoms with van der Waals surface area (Å²) in [6, 6.07) is -0.804. The van der Waals surface area contributed by atoms with Crippen LogP contribution in [0, 0.1) is 0 Å². The lowest BCUT2D eigenvalue weighted by Gasteiger charge is -1.88. The van der Waals surface area contributed by atoms with Crippen LogP contribution in [0.25, 0.3) is 0 Å². The van der Waals surface area contributed by atoms with Crippen molar-refractivity contribution in [1.29, 1.82) is 0 Å². The van der Waals surface area contributed by atoms with Gasteiger partial charge in [-0.15, -0.1) is 0 Å². The molecule has 0 radical (unpaired) electrons. The lowest BCUT2D eigenvalue weighted by Crippen LogP contribution is -2.24. The monoisotopic (exact) mass is 146 g/mol. The van der Waals surface area contributed by atoms with Crippen LogP contribution in [-0.2, 0) is 9.68 Å². The van der Waals surface area contributed by atoms with Crippen molar-refractivity contribution in [3.8, 4) is 0 Å². The summed E-state index contributed by atoms with van der Waals surface area (Å²) in [4.78, 5) is 23.2. The SMILES string of the molecule is NC(=O)N/C=C\C(=O)OO. The number of nitrogens with two attached hydrogens (primary N) is 1. The summed E-state index contributed by atoms with van der Waals surface area (Å²) in [6.45, 7) is 0. The first-order valence-corrected chi connectivity index (χ1v) is 2.24. The molecule has 6 nitrogen and oxygen atoms in total. The molecule has 0 spiro atoms. The number of primary amides is 1. The number of hydrogen-bond acceptors (Lipinski definition) is 4. The van der Waals surface area contributed by atoms with Crippen LogP contribution < -0.4 is 11.1 Å². The smallest absolute Gasteiger partial charge is 0.351 e. The van der Waals surface area contributed by atoms with E-state index in [-0.39, 0.29) is 0 Å². The van der Waals surface area contributed by atoms with Gasteiger partial charge in [0.1, 0.15) is 0 Å². The molecule has 0 saturated carbocycles. The summed E-state index contributed by atoms with van der Waals surface area (Å²) in [6.07, 6.45) is 1.74. The van der Waals surface area contributed by atoms with Crippen LogP contribution in [0.4, 0.5) is 4.79 Å². The van der Waals surface area contributed by atoms with E-state index in [1.807, 2.05) is 5.32 Å². The third kappa shape index (κ3) is 4.60. The zero-order valence-electron chi connectivity index (χ0n) is 4.90. The van der Waals surface area contributed by atoms with E-state index in [9.17, 15) is 9.59 Å². The Morgan fingerprint density at radius 2 is 2.20 bits per heavy atom. The Hall–Kier alpha value is -1.56. The van der Waals surface area contributed by atoms with E-state index in [4.69, 9.17) is 5.26 Å². The van der Waals surface area contributed by atoms with Gasteiger partial charge in [0.2, 0.25) is 0 Å². The molecule has 0 aromatic carbocycles. The molecule has 10 heavy (non-hydrogen) atoms. The molecule has 0 aromatic heterocycles. The molecule has 4 N–H and O–H groups in total. The Morgan fingerprint density at radius 3 is 2.60 bits per heavy atom. The predicted octanol–water partition coefficient (Wildman–Crippen LogP) is -0.815. The fourth-order valence-electron chi connectivity index (χ4n) is 0.222. The zero-order chi connectivity index (χ0) is 7.98. The summed E-state index contributed by atoms with van der Waals surface area (Å²) >= 11 is 0. The van der Waals surface area contributed by atoms with Crippen LogP contribution in [0.5, 0.6) is 0 Å². The van der Waals surface area contributed by atoms with Crippen LogP contribution in [-0.4, -0.2) is 17.3 Å². The minimum absolute atomic E-state index is 0.796. The summed E-state index contributed by atoms with van der Waals surface area (Å²) in [5.41, 5.74) is 4.60. The van der Waals surface area contributed by atoms with Gasteiger partial charge in [0.05, 0.1) is 0 Å². The Kier molecular flexibility index (Phi) is 3.66. The molecular weight excluding hydrogens is 140 g/mol. The number of amides is 2. The molecule has 0 fully saturated rings. The maximum Gasteiger partial charge on any atom is 0.367 e. The molecule has 6 heteroatoms. The number of carbonyl (C=O) groups excluding carboxylic acids is 2. The highest BCUT2D eigenvalue weighted by Crippen LogP contribution is 1.73. The first kappa shape index (κ1) is 8.44. The fraction of sp³-hybridized carbons (Fsp3) is 0. The fourth-order valence-corrected chi connectivity index (χ4v) is 0.222. The van der Waals surface area contributed by atoms with Gasteiger partial charge in [-0.25, -0.2) is 9.59 Å². The second kappa shape index (κ2) is 4.33. The minimum Gasteiger partial charge on any atom is -0.351 e. The molecule has 0 bridgehead atoms. The van der Waals surface area contributed by atoms with Crippen molar-refractivity contribution in [1.82, 2.24) is 5.32 Å². The van der Waals surface area contributed by atoms with E-state index in [0.29, 0.717) is 0 Å². The van der Waals surface area contributed by atoms with Crippen molar-refractivity contribution in [2.45, 2.75) is 0 Å². The number of rotatable bonds is 2. The first-order valence-electron chi connectivity index (χ1n) is 2.24. The molecule has 0 heterocycles.